The van der Waals surface area contributed by atoms with Crippen LogP contribution in [0.25, 0.3) is 49.7 Å². The summed E-state index contributed by atoms with van der Waals surface area (Å²) in [6.45, 7) is 0. The molecule has 1 aromatic heterocycles. The van der Waals surface area contributed by atoms with E-state index in [0.717, 1.165) is 22.7 Å². The van der Waals surface area contributed by atoms with E-state index in [1.54, 1.807) is 0 Å². The fourth-order valence-corrected chi connectivity index (χ4v) is 9.41. The predicted molar refractivity (Wildman–Crippen MR) is 238 cm³/mol. The maximum absolute atomic E-state index is 2.42. The third kappa shape index (κ3) is 5.18. The highest BCUT2D eigenvalue weighted by Crippen LogP contribution is 2.56. The van der Waals surface area contributed by atoms with E-state index in [0.29, 0.717) is 0 Å². The second-order valence-corrected chi connectivity index (χ2v) is 14.9. The molecule has 0 aliphatic heterocycles. The van der Waals surface area contributed by atoms with Gasteiger partial charge >= 0.3 is 0 Å². The summed E-state index contributed by atoms with van der Waals surface area (Å²) in [5, 5.41) is 2.44. The van der Waals surface area contributed by atoms with Crippen molar-refractivity contribution in [2.75, 3.05) is 4.90 Å². The van der Waals surface area contributed by atoms with Gasteiger partial charge in [0.2, 0.25) is 0 Å². The first-order chi connectivity index (χ1) is 28.3. The summed E-state index contributed by atoms with van der Waals surface area (Å²) in [5.41, 5.74) is 16.6. The number of rotatable bonds is 7. The fraction of sp³-hybridized carbons (Fsp3) is 0.0182. The zero-order valence-electron chi connectivity index (χ0n) is 31.3. The molecule has 0 atom stereocenters. The van der Waals surface area contributed by atoms with Crippen molar-refractivity contribution in [2.24, 2.45) is 0 Å². The minimum absolute atomic E-state index is 0.415. The van der Waals surface area contributed by atoms with Crippen LogP contribution in [-0.4, -0.2) is 4.57 Å². The van der Waals surface area contributed by atoms with Gasteiger partial charge in [-0.05, 0) is 105 Å². The molecule has 11 rings (SSSR count). The third-order valence-electron chi connectivity index (χ3n) is 11.9. The number of anilines is 3. The molecule has 57 heavy (non-hydrogen) atoms. The van der Waals surface area contributed by atoms with Crippen molar-refractivity contribution in [1.82, 2.24) is 4.57 Å². The average Bonchev–Trinajstić information content (AvgIpc) is 3.78. The van der Waals surface area contributed by atoms with Crippen molar-refractivity contribution in [2.45, 2.75) is 5.41 Å². The SMILES string of the molecule is c1ccc(N(c2ccccc2)c2ccc3c(c2)c2ccc(-c4ccc(C5(c6ccccc6)c6ccccc6-c6ccccc65)cc4)cc2n3-c2ccccc2)cc1. The van der Waals surface area contributed by atoms with Crippen molar-refractivity contribution >= 4 is 38.9 Å². The Morgan fingerprint density at radius 2 is 0.842 bits per heavy atom. The molecule has 0 radical (unpaired) electrons. The van der Waals surface area contributed by atoms with Gasteiger partial charge in [0.1, 0.15) is 0 Å². The van der Waals surface area contributed by atoms with Crippen LogP contribution in [0.15, 0.2) is 231 Å². The Bertz CT molecular complexity index is 2950. The van der Waals surface area contributed by atoms with E-state index in [-0.39, 0.29) is 0 Å². The maximum Gasteiger partial charge on any atom is 0.0713 e. The number of benzene rings is 9. The molecule has 0 bridgehead atoms. The minimum atomic E-state index is -0.415. The highest BCUT2D eigenvalue weighted by atomic mass is 15.1. The summed E-state index contributed by atoms with van der Waals surface area (Å²) < 4.78 is 2.42. The second-order valence-electron chi connectivity index (χ2n) is 14.9. The Morgan fingerprint density at radius 3 is 1.46 bits per heavy atom. The van der Waals surface area contributed by atoms with Crippen molar-refractivity contribution in [3.8, 4) is 27.9 Å². The Kier molecular flexibility index (Phi) is 7.75. The lowest BCUT2D eigenvalue weighted by Crippen LogP contribution is -2.28. The molecule has 0 saturated carbocycles. The van der Waals surface area contributed by atoms with Crippen LogP contribution in [0.5, 0.6) is 0 Å². The van der Waals surface area contributed by atoms with Crippen molar-refractivity contribution < 1.29 is 0 Å². The molecular weight excluding hydrogens is 689 g/mol. The standard InChI is InChI=1S/C55H38N2/c1-5-17-41(18-6-1)55(51-27-15-13-25-47(51)48-26-14-16-28-52(48)55)42-32-29-39(30-33-42)40-31-35-49-50-38-46(56(43-19-7-2-8-20-43)44-21-9-3-10-22-44)34-36-53(50)57(54(49)37-40)45-23-11-4-12-24-45/h1-38H. The molecule has 1 aliphatic rings. The van der Waals surface area contributed by atoms with Crippen LogP contribution in [0.1, 0.15) is 22.3 Å². The van der Waals surface area contributed by atoms with Crippen LogP contribution in [0.4, 0.5) is 17.1 Å². The summed E-state index contributed by atoms with van der Waals surface area (Å²) in [6, 6.07) is 84.1. The monoisotopic (exact) mass is 726 g/mol. The number of hydrogen-bond donors (Lipinski definition) is 0. The zero-order valence-corrected chi connectivity index (χ0v) is 31.3. The largest absolute Gasteiger partial charge is 0.310 e. The van der Waals surface area contributed by atoms with E-state index in [9.17, 15) is 0 Å². The highest BCUT2D eigenvalue weighted by Gasteiger charge is 2.45. The Morgan fingerprint density at radius 1 is 0.333 bits per heavy atom. The lowest BCUT2D eigenvalue weighted by Gasteiger charge is -2.34. The number of aromatic nitrogens is 1. The van der Waals surface area contributed by atoms with Crippen LogP contribution in [0, 0.1) is 0 Å². The minimum Gasteiger partial charge on any atom is -0.310 e. The smallest absolute Gasteiger partial charge is 0.0713 e. The predicted octanol–water partition coefficient (Wildman–Crippen LogP) is 14.3. The van der Waals surface area contributed by atoms with Gasteiger partial charge in [-0.2, -0.15) is 0 Å². The van der Waals surface area contributed by atoms with Gasteiger partial charge in [-0.25, -0.2) is 0 Å². The second kappa shape index (κ2) is 13.4. The molecule has 0 amide bonds. The summed E-state index contributed by atoms with van der Waals surface area (Å²) in [4.78, 5) is 2.34. The Hall–Kier alpha value is -7.42. The maximum atomic E-state index is 2.42. The number of hydrogen-bond acceptors (Lipinski definition) is 1. The topological polar surface area (TPSA) is 8.17 Å². The Labute approximate surface area is 333 Å². The van der Waals surface area contributed by atoms with Gasteiger partial charge in [0, 0.05) is 33.5 Å². The van der Waals surface area contributed by atoms with Crippen LogP contribution in [0.2, 0.25) is 0 Å². The molecule has 0 N–H and O–H groups in total. The molecule has 0 saturated heterocycles. The van der Waals surface area contributed by atoms with Crippen LogP contribution in [-0.2, 0) is 5.41 Å². The van der Waals surface area contributed by atoms with E-state index >= 15 is 0 Å². The van der Waals surface area contributed by atoms with Crippen molar-refractivity contribution in [3.05, 3.63) is 253 Å². The lowest BCUT2D eigenvalue weighted by molar-refractivity contribution is 0.768. The molecule has 10 aromatic rings. The number of nitrogens with zero attached hydrogens (tertiary/aromatic N) is 2. The summed E-state index contributed by atoms with van der Waals surface area (Å²) >= 11 is 0. The highest BCUT2D eigenvalue weighted by molar-refractivity contribution is 6.11. The quantitative estimate of drug-likeness (QED) is 0.159. The number of fused-ring (bicyclic) bond motifs is 6. The zero-order chi connectivity index (χ0) is 37.8. The molecular formula is C55H38N2. The fourth-order valence-electron chi connectivity index (χ4n) is 9.41. The van der Waals surface area contributed by atoms with E-state index in [2.05, 4.69) is 240 Å². The first kappa shape index (κ1) is 33.0. The van der Waals surface area contributed by atoms with E-state index in [1.807, 2.05) is 0 Å². The Balaban J connectivity index is 1.07. The van der Waals surface area contributed by atoms with Gasteiger partial charge in [0.05, 0.1) is 16.4 Å². The number of para-hydroxylation sites is 3. The third-order valence-corrected chi connectivity index (χ3v) is 11.9. The first-order valence-corrected chi connectivity index (χ1v) is 19.7. The summed E-state index contributed by atoms with van der Waals surface area (Å²) in [5.74, 6) is 0. The van der Waals surface area contributed by atoms with E-state index in [4.69, 9.17) is 0 Å². The van der Waals surface area contributed by atoms with Gasteiger partial charge in [0.15, 0.2) is 0 Å². The van der Waals surface area contributed by atoms with E-state index < -0.39 is 5.41 Å². The molecule has 1 heterocycles. The summed E-state index contributed by atoms with van der Waals surface area (Å²) in [6.07, 6.45) is 0. The molecule has 0 unspecified atom stereocenters. The molecule has 2 heteroatoms. The van der Waals surface area contributed by atoms with Gasteiger partial charge in [-0.3, -0.25) is 0 Å². The molecule has 0 fully saturated rings. The average molecular weight is 727 g/mol. The molecule has 2 nitrogen and oxygen atoms in total. The van der Waals surface area contributed by atoms with Gasteiger partial charge in [-0.15, -0.1) is 0 Å². The van der Waals surface area contributed by atoms with Crippen LogP contribution in [0.3, 0.4) is 0 Å². The molecule has 268 valence electrons. The lowest BCUT2D eigenvalue weighted by atomic mass is 9.67. The van der Waals surface area contributed by atoms with Crippen LogP contribution >= 0.6 is 0 Å². The van der Waals surface area contributed by atoms with E-state index in [1.165, 1.54) is 66.3 Å². The summed E-state index contributed by atoms with van der Waals surface area (Å²) in [7, 11) is 0. The molecule has 0 spiro atoms. The van der Waals surface area contributed by atoms with Gasteiger partial charge in [-0.1, -0.05) is 170 Å². The molecule has 9 aromatic carbocycles. The van der Waals surface area contributed by atoms with Crippen molar-refractivity contribution in [1.29, 1.82) is 0 Å². The van der Waals surface area contributed by atoms with Crippen molar-refractivity contribution in [3.63, 3.8) is 0 Å². The van der Waals surface area contributed by atoms with Crippen LogP contribution < -0.4 is 4.90 Å². The van der Waals surface area contributed by atoms with Gasteiger partial charge in [0.25, 0.3) is 0 Å². The molecule has 1 aliphatic carbocycles. The van der Waals surface area contributed by atoms with Gasteiger partial charge < -0.3 is 9.47 Å². The first-order valence-electron chi connectivity index (χ1n) is 19.7. The normalized spacial score (nSPS) is 12.7.